The van der Waals surface area contributed by atoms with Crippen LogP contribution in [0.4, 0.5) is 0 Å². The molecule has 1 aromatic rings. The van der Waals surface area contributed by atoms with Crippen molar-refractivity contribution in [2.75, 3.05) is 13.1 Å². The second kappa shape index (κ2) is 6.17. The highest BCUT2D eigenvalue weighted by molar-refractivity contribution is 7.11. The summed E-state index contributed by atoms with van der Waals surface area (Å²) in [5, 5.41) is 6.59. The van der Waals surface area contributed by atoms with Crippen LogP contribution in [-0.4, -0.2) is 24.0 Å². The Hall–Kier alpha value is -1.38. The van der Waals surface area contributed by atoms with Gasteiger partial charge in [-0.1, -0.05) is 5.92 Å². The molecule has 4 nitrogen and oxygen atoms in total. The minimum atomic E-state index is -0.0590. The van der Waals surface area contributed by atoms with E-state index in [9.17, 15) is 4.79 Å². The van der Waals surface area contributed by atoms with Gasteiger partial charge < -0.3 is 5.32 Å². The van der Waals surface area contributed by atoms with Crippen LogP contribution in [0, 0.1) is 19.3 Å². The molecule has 15 heavy (non-hydrogen) atoms. The van der Waals surface area contributed by atoms with Gasteiger partial charge in [-0.15, -0.1) is 17.8 Å². The summed E-state index contributed by atoms with van der Waals surface area (Å²) in [5.74, 6) is 2.34. The maximum atomic E-state index is 11.2. The van der Waals surface area contributed by atoms with Crippen LogP contribution in [0.5, 0.6) is 0 Å². The second-order valence-corrected chi connectivity index (χ2v) is 4.25. The third-order valence-corrected chi connectivity index (χ3v) is 2.55. The van der Waals surface area contributed by atoms with Crippen LogP contribution in [-0.2, 0) is 11.3 Å². The van der Waals surface area contributed by atoms with E-state index in [0.717, 1.165) is 9.88 Å². The highest BCUT2D eigenvalue weighted by Crippen LogP contribution is 2.10. The van der Waals surface area contributed by atoms with Crippen molar-refractivity contribution in [3.8, 4) is 12.3 Å². The van der Waals surface area contributed by atoms with E-state index in [2.05, 4.69) is 21.5 Å². The van der Waals surface area contributed by atoms with E-state index >= 15 is 0 Å². The molecule has 0 fully saturated rings. The predicted molar refractivity (Wildman–Crippen MR) is 60.4 cm³/mol. The molecule has 0 radical (unpaired) electrons. The second-order valence-electron chi connectivity index (χ2n) is 2.93. The molecule has 2 N–H and O–H groups in total. The average molecular weight is 223 g/mol. The molecule has 0 aliphatic carbocycles. The quantitative estimate of drug-likeness (QED) is 0.557. The van der Waals surface area contributed by atoms with Gasteiger partial charge in [0.1, 0.15) is 0 Å². The first-order valence-corrected chi connectivity index (χ1v) is 5.36. The Morgan fingerprint density at radius 1 is 1.73 bits per heavy atom. The van der Waals surface area contributed by atoms with Gasteiger partial charge in [-0.2, -0.15) is 0 Å². The summed E-state index contributed by atoms with van der Waals surface area (Å²) in [6.45, 7) is 3.13. The lowest BCUT2D eigenvalue weighted by Gasteiger charge is -2.02. The topological polar surface area (TPSA) is 54.0 Å². The maximum Gasteiger partial charge on any atom is 0.234 e. The van der Waals surface area contributed by atoms with Gasteiger partial charge in [0, 0.05) is 11.1 Å². The first-order valence-electron chi connectivity index (χ1n) is 4.54. The summed E-state index contributed by atoms with van der Waals surface area (Å²) < 4.78 is 0. The highest BCUT2D eigenvalue weighted by Gasteiger charge is 2.01. The van der Waals surface area contributed by atoms with Gasteiger partial charge in [-0.3, -0.25) is 10.1 Å². The summed E-state index contributed by atoms with van der Waals surface area (Å²) in [4.78, 5) is 16.4. The van der Waals surface area contributed by atoms with Gasteiger partial charge in [0.25, 0.3) is 0 Å². The van der Waals surface area contributed by atoms with Crippen molar-refractivity contribution in [2.45, 2.75) is 13.5 Å². The van der Waals surface area contributed by atoms with E-state index in [-0.39, 0.29) is 12.5 Å². The number of aryl methyl sites for hydroxylation is 1. The molecule has 0 spiro atoms. The first-order chi connectivity index (χ1) is 7.22. The number of hydrogen-bond donors (Lipinski definition) is 2. The zero-order valence-corrected chi connectivity index (χ0v) is 9.36. The zero-order valence-electron chi connectivity index (χ0n) is 8.54. The minimum absolute atomic E-state index is 0.0590. The third kappa shape index (κ3) is 4.58. The predicted octanol–water partition coefficient (Wildman–Crippen LogP) is 0.291. The van der Waals surface area contributed by atoms with E-state index in [4.69, 9.17) is 6.42 Å². The summed E-state index contributed by atoms with van der Waals surface area (Å²) in [7, 11) is 0. The van der Waals surface area contributed by atoms with Gasteiger partial charge in [0.2, 0.25) is 5.91 Å². The molecule has 0 aromatic carbocycles. The van der Waals surface area contributed by atoms with Crippen molar-refractivity contribution >= 4 is 17.2 Å². The summed E-state index contributed by atoms with van der Waals surface area (Å²) in [6.07, 6.45) is 6.80. The van der Waals surface area contributed by atoms with Gasteiger partial charge in [0.05, 0.1) is 24.6 Å². The minimum Gasteiger partial charge on any atom is -0.350 e. The molecule has 0 bridgehead atoms. The number of rotatable bonds is 5. The number of thiazole rings is 1. The third-order valence-electron chi connectivity index (χ3n) is 1.64. The van der Waals surface area contributed by atoms with Gasteiger partial charge in [-0.05, 0) is 6.92 Å². The van der Waals surface area contributed by atoms with E-state index in [1.54, 1.807) is 17.5 Å². The molecule has 0 saturated carbocycles. The van der Waals surface area contributed by atoms with Crippen molar-refractivity contribution in [2.24, 2.45) is 0 Å². The standard InChI is InChI=1S/C10H13N3OS/c1-3-4-11-7-10(14)13-6-9-5-12-8(2)15-9/h1,5,11H,4,6-7H2,2H3,(H,13,14). The van der Waals surface area contributed by atoms with E-state index < -0.39 is 0 Å². The van der Waals surface area contributed by atoms with Gasteiger partial charge in [0.15, 0.2) is 0 Å². The van der Waals surface area contributed by atoms with Crippen LogP contribution >= 0.6 is 11.3 Å². The first kappa shape index (κ1) is 11.7. The van der Waals surface area contributed by atoms with Crippen LogP contribution < -0.4 is 10.6 Å². The normalized spacial score (nSPS) is 9.60. The number of nitrogens with zero attached hydrogens (tertiary/aromatic N) is 1. The average Bonchev–Trinajstić information content (AvgIpc) is 2.62. The lowest BCUT2D eigenvalue weighted by Crippen LogP contribution is -2.33. The molecule has 0 atom stereocenters. The fourth-order valence-corrected chi connectivity index (χ4v) is 1.72. The molecule has 80 valence electrons. The van der Waals surface area contributed by atoms with Crippen molar-refractivity contribution < 1.29 is 4.79 Å². The summed E-state index contributed by atoms with van der Waals surface area (Å²) >= 11 is 1.58. The summed E-state index contributed by atoms with van der Waals surface area (Å²) in [6, 6.07) is 0. The molecule has 0 unspecified atom stereocenters. The molecule has 0 saturated heterocycles. The number of carbonyl (C=O) groups is 1. The number of terminal acetylenes is 1. The Kier molecular flexibility index (Phi) is 4.81. The maximum absolute atomic E-state index is 11.2. The number of hydrogen-bond acceptors (Lipinski definition) is 4. The number of aromatic nitrogens is 1. The Bertz CT molecular complexity index is 367. The molecule has 0 aliphatic rings. The largest absolute Gasteiger partial charge is 0.350 e. The molecule has 1 rings (SSSR count). The van der Waals surface area contributed by atoms with Crippen LogP contribution in [0.25, 0.3) is 0 Å². The van der Waals surface area contributed by atoms with Crippen LogP contribution in [0.3, 0.4) is 0 Å². The highest BCUT2D eigenvalue weighted by atomic mass is 32.1. The van der Waals surface area contributed by atoms with E-state index in [1.807, 2.05) is 6.92 Å². The number of carbonyl (C=O) groups excluding carboxylic acids is 1. The SMILES string of the molecule is C#CCNCC(=O)NCc1cnc(C)s1. The fraction of sp³-hybridized carbons (Fsp3) is 0.400. The smallest absolute Gasteiger partial charge is 0.234 e. The van der Waals surface area contributed by atoms with E-state index in [1.165, 1.54) is 0 Å². The molecular formula is C10H13N3OS. The van der Waals surface area contributed by atoms with Crippen LogP contribution in [0.15, 0.2) is 6.20 Å². The Labute approximate surface area is 93.1 Å². The molecular weight excluding hydrogens is 210 g/mol. The Balaban J connectivity index is 2.20. The monoisotopic (exact) mass is 223 g/mol. The lowest BCUT2D eigenvalue weighted by molar-refractivity contribution is -0.120. The van der Waals surface area contributed by atoms with Crippen LogP contribution in [0.2, 0.25) is 0 Å². The van der Waals surface area contributed by atoms with Crippen molar-refractivity contribution in [3.05, 3.63) is 16.1 Å². The van der Waals surface area contributed by atoms with Gasteiger partial charge >= 0.3 is 0 Å². The number of amides is 1. The van der Waals surface area contributed by atoms with Crippen LogP contribution in [0.1, 0.15) is 9.88 Å². The molecule has 1 heterocycles. The van der Waals surface area contributed by atoms with Crippen molar-refractivity contribution in [3.63, 3.8) is 0 Å². The van der Waals surface area contributed by atoms with Crippen molar-refractivity contribution in [1.82, 2.24) is 15.6 Å². The summed E-state index contributed by atoms with van der Waals surface area (Å²) in [5.41, 5.74) is 0. The molecule has 5 heteroatoms. The Morgan fingerprint density at radius 2 is 2.53 bits per heavy atom. The Morgan fingerprint density at radius 3 is 3.13 bits per heavy atom. The molecule has 1 amide bonds. The van der Waals surface area contributed by atoms with E-state index in [0.29, 0.717) is 13.1 Å². The molecule has 0 aliphatic heterocycles. The van der Waals surface area contributed by atoms with Gasteiger partial charge in [-0.25, -0.2) is 4.98 Å². The zero-order chi connectivity index (χ0) is 11.1. The fourth-order valence-electron chi connectivity index (χ4n) is 0.983. The lowest BCUT2D eigenvalue weighted by atomic mass is 10.5. The molecule has 1 aromatic heterocycles. The number of nitrogens with one attached hydrogen (secondary N) is 2. The van der Waals surface area contributed by atoms with Crippen molar-refractivity contribution in [1.29, 1.82) is 0 Å².